The highest BCUT2D eigenvalue weighted by molar-refractivity contribution is 7.89. The summed E-state index contributed by atoms with van der Waals surface area (Å²) in [5.74, 6) is -1.26. The zero-order valence-electron chi connectivity index (χ0n) is 19.2. The number of rotatable bonds is 4. The lowest BCUT2D eigenvalue weighted by molar-refractivity contribution is 0.582. The normalized spacial score (nSPS) is 15.4. The maximum absolute atomic E-state index is 15.2. The molecular formula is C26H23F2N3O3S. The van der Waals surface area contributed by atoms with Gasteiger partial charge in [0.2, 0.25) is 0 Å². The third-order valence-electron chi connectivity index (χ3n) is 6.82. The molecule has 0 bridgehead atoms. The molecule has 1 aliphatic carbocycles. The Morgan fingerprint density at radius 1 is 1.11 bits per heavy atom. The molecule has 35 heavy (non-hydrogen) atoms. The lowest BCUT2D eigenvalue weighted by Crippen LogP contribution is -2.19. The Bertz CT molecular complexity index is 1700. The molecule has 1 N–H and O–H groups in total. The zero-order chi connectivity index (χ0) is 24.6. The fraction of sp³-hybridized carbons (Fsp3) is 0.269. The van der Waals surface area contributed by atoms with E-state index in [4.69, 9.17) is 0 Å². The third-order valence-corrected chi connectivity index (χ3v) is 7.68. The van der Waals surface area contributed by atoms with Gasteiger partial charge in [-0.15, -0.1) is 0 Å². The first-order chi connectivity index (χ1) is 16.6. The molecule has 2 aliphatic rings. The topological polar surface area (TPSA) is 75.2 Å². The van der Waals surface area contributed by atoms with Crippen molar-refractivity contribution in [2.45, 2.75) is 31.1 Å². The largest absolute Gasteiger partial charge is 0.356 e. The summed E-state index contributed by atoms with van der Waals surface area (Å²) in [6.07, 6.45) is 6.61. The van der Waals surface area contributed by atoms with Gasteiger partial charge < -0.3 is 14.5 Å². The fourth-order valence-corrected chi connectivity index (χ4v) is 6.01. The molecule has 3 heterocycles. The van der Waals surface area contributed by atoms with Crippen LogP contribution >= 0.6 is 0 Å². The SMILES string of the molecule is Cn1cc2c3c(c[nH]c3c1=O)CN(c1ccc(F)cc1F)c1c-2cc(CS(C)(=O)=O)cc1C1CC1. The monoisotopic (exact) mass is 495 g/mol. The van der Waals surface area contributed by atoms with Crippen LogP contribution in [-0.4, -0.2) is 24.2 Å². The second-order valence-electron chi connectivity index (χ2n) is 9.63. The van der Waals surface area contributed by atoms with Crippen molar-refractivity contribution in [3.63, 3.8) is 0 Å². The lowest BCUT2D eigenvalue weighted by atomic mass is 9.94. The number of anilines is 2. The number of hydrogen-bond donors (Lipinski definition) is 1. The minimum absolute atomic E-state index is 0.125. The highest BCUT2D eigenvalue weighted by Crippen LogP contribution is 2.52. The molecule has 9 heteroatoms. The van der Waals surface area contributed by atoms with Gasteiger partial charge in [-0.2, -0.15) is 0 Å². The first kappa shape index (κ1) is 22.0. The summed E-state index contributed by atoms with van der Waals surface area (Å²) in [6, 6.07) is 7.26. The molecule has 1 fully saturated rings. The first-order valence-electron chi connectivity index (χ1n) is 11.4. The quantitative estimate of drug-likeness (QED) is 0.438. The van der Waals surface area contributed by atoms with Gasteiger partial charge in [0.1, 0.15) is 17.2 Å². The Morgan fingerprint density at radius 2 is 1.89 bits per heavy atom. The van der Waals surface area contributed by atoms with Crippen LogP contribution in [0.15, 0.2) is 47.5 Å². The van der Waals surface area contributed by atoms with Crippen molar-refractivity contribution >= 4 is 32.1 Å². The van der Waals surface area contributed by atoms with E-state index in [0.717, 1.165) is 52.2 Å². The molecular weight excluding hydrogens is 472 g/mol. The second-order valence-corrected chi connectivity index (χ2v) is 11.8. The second kappa shape index (κ2) is 7.52. The first-order valence-corrected chi connectivity index (χ1v) is 13.4. The molecule has 0 saturated heterocycles. The van der Waals surface area contributed by atoms with Crippen LogP contribution in [0.5, 0.6) is 0 Å². The van der Waals surface area contributed by atoms with E-state index >= 15 is 4.39 Å². The molecule has 1 aliphatic heterocycles. The van der Waals surface area contributed by atoms with Gasteiger partial charge in [0.25, 0.3) is 5.56 Å². The summed E-state index contributed by atoms with van der Waals surface area (Å²) in [5, 5.41) is 0.734. The van der Waals surface area contributed by atoms with Gasteiger partial charge in [0.05, 0.1) is 23.7 Å². The summed E-state index contributed by atoms with van der Waals surface area (Å²) in [7, 11) is -1.64. The van der Waals surface area contributed by atoms with E-state index in [-0.39, 0.29) is 29.5 Å². The maximum Gasteiger partial charge on any atom is 0.274 e. The van der Waals surface area contributed by atoms with Crippen molar-refractivity contribution in [1.29, 1.82) is 0 Å². The third kappa shape index (κ3) is 3.65. The van der Waals surface area contributed by atoms with Crippen LogP contribution in [0.25, 0.3) is 22.0 Å². The van der Waals surface area contributed by atoms with Crippen molar-refractivity contribution in [3.8, 4) is 11.1 Å². The Balaban J connectivity index is 1.73. The maximum atomic E-state index is 15.2. The molecule has 6 rings (SSSR count). The summed E-state index contributed by atoms with van der Waals surface area (Å²) in [6.45, 7) is 0.265. The van der Waals surface area contributed by atoms with Crippen LogP contribution in [0.1, 0.15) is 35.4 Å². The number of hydrogen-bond acceptors (Lipinski definition) is 4. The van der Waals surface area contributed by atoms with Gasteiger partial charge in [0, 0.05) is 48.3 Å². The molecule has 0 amide bonds. The van der Waals surface area contributed by atoms with E-state index in [2.05, 4.69) is 4.98 Å². The van der Waals surface area contributed by atoms with E-state index in [1.165, 1.54) is 23.0 Å². The highest BCUT2D eigenvalue weighted by atomic mass is 32.2. The van der Waals surface area contributed by atoms with E-state index in [1.54, 1.807) is 19.4 Å². The summed E-state index contributed by atoms with van der Waals surface area (Å²) in [4.78, 5) is 17.8. The number of aromatic amines is 1. The van der Waals surface area contributed by atoms with Gasteiger partial charge in [0.15, 0.2) is 9.84 Å². The Hall–Kier alpha value is -3.46. The van der Waals surface area contributed by atoms with Crippen LogP contribution in [0.2, 0.25) is 0 Å². The number of nitrogens with one attached hydrogen (secondary N) is 1. The number of H-pyrrole nitrogens is 1. The molecule has 2 aromatic carbocycles. The van der Waals surface area contributed by atoms with Crippen molar-refractivity contribution in [1.82, 2.24) is 9.55 Å². The van der Waals surface area contributed by atoms with E-state index in [0.29, 0.717) is 11.1 Å². The van der Waals surface area contributed by atoms with Crippen molar-refractivity contribution < 1.29 is 17.2 Å². The minimum atomic E-state index is -3.31. The molecule has 2 aromatic heterocycles. The van der Waals surface area contributed by atoms with Crippen LogP contribution < -0.4 is 10.5 Å². The summed E-state index contributed by atoms with van der Waals surface area (Å²) < 4.78 is 54.9. The molecule has 1 saturated carbocycles. The number of aryl methyl sites for hydroxylation is 1. The van der Waals surface area contributed by atoms with E-state index in [1.807, 2.05) is 17.0 Å². The van der Waals surface area contributed by atoms with Gasteiger partial charge in [-0.3, -0.25) is 4.79 Å². The molecule has 0 atom stereocenters. The summed E-state index contributed by atoms with van der Waals surface area (Å²) in [5.41, 5.74) is 5.15. The summed E-state index contributed by atoms with van der Waals surface area (Å²) >= 11 is 0. The number of aromatic nitrogens is 2. The molecule has 0 unspecified atom stereocenters. The van der Waals surface area contributed by atoms with Gasteiger partial charge >= 0.3 is 0 Å². The van der Waals surface area contributed by atoms with Gasteiger partial charge in [-0.05, 0) is 53.6 Å². The lowest BCUT2D eigenvalue weighted by Gasteiger charge is -2.29. The Morgan fingerprint density at radius 3 is 2.57 bits per heavy atom. The van der Waals surface area contributed by atoms with Crippen LogP contribution in [0.4, 0.5) is 20.2 Å². The molecule has 4 aromatic rings. The van der Waals surface area contributed by atoms with Crippen molar-refractivity contribution in [2.75, 3.05) is 11.2 Å². The molecule has 6 nitrogen and oxygen atoms in total. The number of benzene rings is 2. The highest BCUT2D eigenvalue weighted by Gasteiger charge is 2.34. The predicted molar refractivity (Wildman–Crippen MR) is 132 cm³/mol. The van der Waals surface area contributed by atoms with Crippen molar-refractivity contribution in [3.05, 3.63) is 81.4 Å². The predicted octanol–water partition coefficient (Wildman–Crippen LogP) is 4.89. The number of fused-ring (bicyclic) bond motifs is 2. The zero-order valence-corrected chi connectivity index (χ0v) is 20.0. The van der Waals surface area contributed by atoms with Crippen LogP contribution in [0.3, 0.4) is 0 Å². The molecule has 0 radical (unpaired) electrons. The minimum Gasteiger partial charge on any atom is -0.356 e. The van der Waals surface area contributed by atoms with E-state index in [9.17, 15) is 17.6 Å². The fourth-order valence-electron chi connectivity index (χ4n) is 5.23. The van der Waals surface area contributed by atoms with Crippen molar-refractivity contribution in [2.24, 2.45) is 7.05 Å². The van der Waals surface area contributed by atoms with E-state index < -0.39 is 21.5 Å². The van der Waals surface area contributed by atoms with Gasteiger partial charge in [-0.1, -0.05) is 6.07 Å². The standard InChI is InChI=1S/C26H23F2N3O3S/c1-30-12-20-19-8-14(13-35(2,33)34)7-18(15-3-4-15)25(19)31(22-6-5-17(27)9-21(22)28)11-16-10-29-24(23(16)20)26(30)32/h5-10,12,15,29H,3-4,11,13H2,1-2H3. The number of sulfone groups is 1. The van der Waals surface area contributed by atoms with Crippen LogP contribution in [0, 0.1) is 11.6 Å². The number of pyridine rings is 1. The van der Waals surface area contributed by atoms with Gasteiger partial charge in [-0.25, -0.2) is 17.2 Å². The average molecular weight is 496 g/mol. The number of nitrogens with zero attached hydrogens (tertiary/aromatic N) is 2. The average Bonchev–Trinajstić information content (AvgIpc) is 3.55. The smallest absolute Gasteiger partial charge is 0.274 e. The molecule has 0 spiro atoms. The Kier molecular flexibility index (Phi) is 4.73. The number of halogens is 2. The Labute approximate surface area is 200 Å². The van der Waals surface area contributed by atoms with Crippen LogP contribution in [-0.2, 0) is 29.2 Å². The molecule has 180 valence electrons.